The normalized spacial score (nSPS) is 14.2. The number of aliphatic hydroxyl groups excluding tert-OH is 1. The highest BCUT2D eigenvalue weighted by Gasteiger charge is 2.30. The van der Waals surface area contributed by atoms with Gasteiger partial charge in [-0.15, -0.1) is 0 Å². The molecular weight excluding hydrogens is 1130 g/mol. The van der Waals surface area contributed by atoms with Gasteiger partial charge in [0.05, 0.1) is 26.4 Å². The van der Waals surface area contributed by atoms with Crippen LogP contribution in [0, 0.1) is 5.92 Å². The SMILES string of the molecule is CCCCCCCCCCCCCCC(=O)OC[C@H](COP(=O)(O)OC[C@@H](O)COP(=O)(O)OC[C@@H](COC(=O)CCCCCCCCCC)OC(=O)CCCCCCCCCCCCCC)OC(=O)CCCCCCCCCCCCC(C)C. The lowest BCUT2D eigenvalue weighted by Crippen LogP contribution is -2.30. The highest BCUT2D eigenvalue weighted by molar-refractivity contribution is 7.47. The second-order valence-corrected chi connectivity index (χ2v) is 27.2. The number of phosphoric acid groups is 2. The van der Waals surface area contributed by atoms with E-state index in [-0.39, 0.29) is 25.7 Å². The molecule has 19 heteroatoms. The van der Waals surface area contributed by atoms with Crippen molar-refractivity contribution in [2.75, 3.05) is 39.6 Å². The Hall–Kier alpha value is -1.94. The zero-order chi connectivity index (χ0) is 62.8. The molecule has 0 bridgehead atoms. The Morgan fingerprint density at radius 1 is 0.318 bits per heavy atom. The van der Waals surface area contributed by atoms with Crippen LogP contribution in [-0.2, 0) is 65.4 Å². The predicted molar refractivity (Wildman–Crippen MR) is 340 cm³/mol. The molecule has 85 heavy (non-hydrogen) atoms. The Bertz CT molecular complexity index is 1650. The van der Waals surface area contributed by atoms with E-state index in [1.807, 2.05) is 0 Å². The molecule has 17 nitrogen and oxygen atoms in total. The molecule has 0 saturated carbocycles. The summed E-state index contributed by atoms with van der Waals surface area (Å²) in [5.41, 5.74) is 0. The zero-order valence-corrected chi connectivity index (χ0v) is 56.5. The number of carbonyl (C=O) groups excluding carboxylic acids is 4. The van der Waals surface area contributed by atoms with E-state index in [2.05, 4.69) is 34.6 Å². The van der Waals surface area contributed by atoms with Gasteiger partial charge in [-0.1, -0.05) is 285 Å². The van der Waals surface area contributed by atoms with Gasteiger partial charge in [-0.3, -0.25) is 37.3 Å². The summed E-state index contributed by atoms with van der Waals surface area (Å²) in [6.07, 6.45) is 44.3. The first-order valence-electron chi connectivity index (χ1n) is 34.6. The van der Waals surface area contributed by atoms with Crippen LogP contribution in [0.15, 0.2) is 0 Å². The number of hydrogen-bond acceptors (Lipinski definition) is 15. The average Bonchev–Trinajstić information content (AvgIpc) is 3.57. The van der Waals surface area contributed by atoms with Crippen molar-refractivity contribution < 1.29 is 80.2 Å². The summed E-state index contributed by atoms with van der Waals surface area (Å²) in [5, 5.41) is 10.5. The molecule has 0 radical (unpaired) electrons. The fourth-order valence-corrected chi connectivity index (χ4v) is 11.5. The molecule has 0 aromatic rings. The maximum atomic E-state index is 13.0. The molecule has 0 aliphatic rings. The van der Waals surface area contributed by atoms with Gasteiger partial charge < -0.3 is 33.8 Å². The van der Waals surface area contributed by atoms with Gasteiger partial charge in [0.15, 0.2) is 12.2 Å². The predicted octanol–water partition coefficient (Wildman–Crippen LogP) is 18.6. The Labute approximate surface area is 517 Å². The highest BCUT2D eigenvalue weighted by Crippen LogP contribution is 2.45. The summed E-state index contributed by atoms with van der Waals surface area (Å²) in [7, 11) is -9.89. The first kappa shape index (κ1) is 83.1. The van der Waals surface area contributed by atoms with Gasteiger partial charge >= 0.3 is 39.5 Å². The standard InChI is InChI=1S/C66H128O17P2/c1-6-9-12-15-18-21-23-25-30-35-40-45-50-64(69)77-56-62(83-66(71)52-47-42-37-32-28-27-29-33-38-43-48-59(4)5)58-81-85(74,75)79-54-60(67)53-78-84(72,73)80-57-61(55-76-63(68)49-44-39-34-20-17-14-11-8-3)82-65(70)51-46-41-36-31-26-24-22-19-16-13-10-7-2/h59-62,67H,6-58H2,1-5H3,(H,72,73)(H,74,75)/t60-,61+,62+/m0/s1. The molecule has 0 aliphatic carbocycles. The summed E-state index contributed by atoms with van der Waals surface area (Å²) < 4.78 is 68.1. The van der Waals surface area contributed by atoms with Gasteiger partial charge in [0.1, 0.15) is 19.3 Å². The van der Waals surface area contributed by atoms with E-state index in [0.29, 0.717) is 25.7 Å². The van der Waals surface area contributed by atoms with Crippen LogP contribution in [0.4, 0.5) is 0 Å². The fraction of sp³-hybridized carbons (Fsp3) is 0.939. The molecule has 0 heterocycles. The van der Waals surface area contributed by atoms with E-state index < -0.39 is 97.5 Å². The van der Waals surface area contributed by atoms with E-state index in [1.165, 1.54) is 154 Å². The van der Waals surface area contributed by atoms with Gasteiger partial charge in [0.25, 0.3) is 0 Å². The van der Waals surface area contributed by atoms with E-state index in [9.17, 15) is 43.2 Å². The molecule has 504 valence electrons. The average molecular weight is 1260 g/mol. The molecule has 3 N–H and O–H groups in total. The van der Waals surface area contributed by atoms with Gasteiger partial charge in [-0.25, -0.2) is 9.13 Å². The van der Waals surface area contributed by atoms with Crippen molar-refractivity contribution in [1.82, 2.24) is 0 Å². The largest absolute Gasteiger partial charge is 0.472 e. The van der Waals surface area contributed by atoms with Crippen LogP contribution in [-0.4, -0.2) is 96.7 Å². The summed E-state index contributed by atoms with van der Waals surface area (Å²) in [6.45, 7) is 7.18. The minimum atomic E-state index is -4.95. The van der Waals surface area contributed by atoms with Crippen molar-refractivity contribution in [3.63, 3.8) is 0 Å². The van der Waals surface area contributed by atoms with E-state index >= 15 is 0 Å². The Balaban J connectivity index is 5.23. The van der Waals surface area contributed by atoms with Crippen LogP contribution in [0.25, 0.3) is 0 Å². The van der Waals surface area contributed by atoms with Crippen LogP contribution >= 0.6 is 15.6 Å². The van der Waals surface area contributed by atoms with Gasteiger partial charge in [0.2, 0.25) is 0 Å². The molecular formula is C66H128O17P2. The molecule has 0 fully saturated rings. The van der Waals surface area contributed by atoms with E-state index in [4.69, 9.17) is 37.0 Å². The summed E-state index contributed by atoms with van der Waals surface area (Å²) in [4.78, 5) is 72.3. The summed E-state index contributed by atoms with van der Waals surface area (Å²) in [5.74, 6) is -1.38. The van der Waals surface area contributed by atoms with E-state index in [1.54, 1.807) is 0 Å². The van der Waals surface area contributed by atoms with Gasteiger partial charge in [-0.2, -0.15) is 0 Å². The van der Waals surface area contributed by atoms with Crippen LogP contribution in [0.2, 0.25) is 0 Å². The number of hydrogen-bond donors (Lipinski definition) is 3. The second-order valence-electron chi connectivity index (χ2n) is 24.3. The molecule has 0 spiro atoms. The topological polar surface area (TPSA) is 237 Å². The number of unbranched alkanes of at least 4 members (excludes halogenated alkanes) is 38. The minimum absolute atomic E-state index is 0.106. The molecule has 0 saturated heterocycles. The molecule has 0 rings (SSSR count). The van der Waals surface area contributed by atoms with Gasteiger partial charge in [0, 0.05) is 25.7 Å². The molecule has 0 aromatic carbocycles. The van der Waals surface area contributed by atoms with Crippen molar-refractivity contribution in [3.8, 4) is 0 Å². The second kappa shape index (κ2) is 59.7. The van der Waals surface area contributed by atoms with Crippen LogP contribution in [0.5, 0.6) is 0 Å². The Morgan fingerprint density at radius 3 is 0.800 bits per heavy atom. The number of aliphatic hydroxyl groups is 1. The Morgan fingerprint density at radius 2 is 0.541 bits per heavy atom. The minimum Gasteiger partial charge on any atom is -0.462 e. The molecule has 0 aliphatic heterocycles. The molecule has 5 atom stereocenters. The lowest BCUT2D eigenvalue weighted by atomic mass is 10.0. The zero-order valence-electron chi connectivity index (χ0n) is 54.7. The van der Waals surface area contributed by atoms with Crippen molar-refractivity contribution in [3.05, 3.63) is 0 Å². The lowest BCUT2D eigenvalue weighted by Gasteiger charge is -2.21. The quantitative estimate of drug-likeness (QED) is 0.0222. The number of phosphoric ester groups is 2. The maximum Gasteiger partial charge on any atom is 0.472 e. The highest BCUT2D eigenvalue weighted by atomic mass is 31.2. The van der Waals surface area contributed by atoms with Crippen LogP contribution in [0.3, 0.4) is 0 Å². The van der Waals surface area contributed by atoms with Crippen molar-refractivity contribution in [2.45, 2.75) is 355 Å². The third-order valence-corrected chi connectivity index (χ3v) is 17.2. The summed E-state index contributed by atoms with van der Waals surface area (Å²) >= 11 is 0. The number of rotatable bonds is 66. The molecule has 0 aromatic heterocycles. The Kier molecular flexibility index (Phi) is 58.3. The number of ether oxygens (including phenoxy) is 4. The van der Waals surface area contributed by atoms with Crippen molar-refractivity contribution in [1.29, 1.82) is 0 Å². The summed E-state index contributed by atoms with van der Waals surface area (Å²) in [6, 6.07) is 0. The van der Waals surface area contributed by atoms with Crippen molar-refractivity contribution >= 4 is 39.5 Å². The molecule has 0 amide bonds. The maximum absolute atomic E-state index is 13.0. The smallest absolute Gasteiger partial charge is 0.462 e. The fourth-order valence-electron chi connectivity index (χ4n) is 9.94. The van der Waals surface area contributed by atoms with Gasteiger partial charge in [-0.05, 0) is 31.6 Å². The van der Waals surface area contributed by atoms with Crippen LogP contribution in [0.1, 0.15) is 336 Å². The van der Waals surface area contributed by atoms with Crippen molar-refractivity contribution in [2.24, 2.45) is 5.92 Å². The first-order valence-corrected chi connectivity index (χ1v) is 37.6. The number of esters is 4. The third kappa shape index (κ3) is 60.7. The molecule has 2 unspecified atom stereocenters. The van der Waals surface area contributed by atoms with E-state index in [0.717, 1.165) is 102 Å². The van der Waals surface area contributed by atoms with Crippen LogP contribution < -0.4 is 0 Å². The monoisotopic (exact) mass is 1250 g/mol. The number of carbonyl (C=O) groups is 4. The first-order chi connectivity index (χ1) is 41.0. The third-order valence-electron chi connectivity index (χ3n) is 15.3. The lowest BCUT2D eigenvalue weighted by molar-refractivity contribution is -0.161.